The molecular formula is C32H50O8S3. The summed E-state index contributed by atoms with van der Waals surface area (Å²) < 4.78 is 48.1. The number of thioether (sulfide) groups is 2. The van der Waals surface area contributed by atoms with E-state index in [1.807, 2.05) is 55.4 Å². The van der Waals surface area contributed by atoms with Crippen molar-refractivity contribution >= 4 is 35.3 Å². The molecule has 11 heteroatoms. The van der Waals surface area contributed by atoms with Gasteiger partial charge in [-0.3, -0.25) is 0 Å². The average molecular weight is 659 g/mol. The van der Waals surface area contributed by atoms with E-state index in [0.29, 0.717) is 89.1 Å². The maximum absolute atomic E-state index is 6.24. The summed E-state index contributed by atoms with van der Waals surface area (Å²) in [4.78, 5) is 3.71. The van der Waals surface area contributed by atoms with Crippen LogP contribution < -0.4 is 18.9 Å². The molecule has 2 aromatic rings. The average Bonchev–Trinajstić information content (AvgIpc) is 3.00. The van der Waals surface area contributed by atoms with E-state index < -0.39 is 0 Å². The molecule has 0 aliphatic carbocycles. The summed E-state index contributed by atoms with van der Waals surface area (Å²) in [6.07, 6.45) is 0. The SMILES string of the molecule is CCOCC(OCC)Sc1ccc(Sc2ccc(SC(COCC)OCC)c(OCC)c2OCC)c(OCC)c1OCC. The summed E-state index contributed by atoms with van der Waals surface area (Å²) >= 11 is 4.73. The molecule has 0 fully saturated rings. The van der Waals surface area contributed by atoms with Crippen LogP contribution in [-0.2, 0) is 18.9 Å². The molecule has 2 atom stereocenters. The van der Waals surface area contributed by atoms with Gasteiger partial charge < -0.3 is 37.9 Å². The minimum Gasteiger partial charge on any atom is -0.489 e. The predicted molar refractivity (Wildman–Crippen MR) is 177 cm³/mol. The lowest BCUT2D eigenvalue weighted by molar-refractivity contribution is 0.0390. The van der Waals surface area contributed by atoms with Crippen LogP contribution in [-0.4, -0.2) is 76.9 Å². The Balaban J connectivity index is 2.56. The molecule has 0 saturated heterocycles. The zero-order valence-corrected chi connectivity index (χ0v) is 29.5. The number of hydrogen-bond acceptors (Lipinski definition) is 11. The lowest BCUT2D eigenvalue weighted by atomic mass is 10.3. The third-order valence-electron chi connectivity index (χ3n) is 5.59. The van der Waals surface area contributed by atoms with Crippen LogP contribution in [0.5, 0.6) is 23.0 Å². The Bertz CT molecular complexity index is 974. The van der Waals surface area contributed by atoms with Gasteiger partial charge in [-0.15, -0.1) is 0 Å². The normalized spacial score (nSPS) is 12.7. The second-order valence-electron chi connectivity index (χ2n) is 8.60. The molecule has 8 nitrogen and oxygen atoms in total. The number of rotatable bonds is 24. The van der Waals surface area contributed by atoms with Crippen molar-refractivity contribution < 1.29 is 37.9 Å². The maximum atomic E-state index is 6.24. The van der Waals surface area contributed by atoms with Crippen LogP contribution in [0.15, 0.2) is 43.8 Å². The highest BCUT2D eigenvalue weighted by Crippen LogP contribution is 2.52. The minimum absolute atomic E-state index is 0.163. The lowest BCUT2D eigenvalue weighted by Crippen LogP contribution is -2.16. The Morgan fingerprint density at radius 1 is 0.442 bits per heavy atom. The highest BCUT2D eigenvalue weighted by molar-refractivity contribution is 8.00. The van der Waals surface area contributed by atoms with Gasteiger partial charge in [-0.1, -0.05) is 35.3 Å². The van der Waals surface area contributed by atoms with Crippen molar-refractivity contribution in [3.63, 3.8) is 0 Å². The van der Waals surface area contributed by atoms with Crippen LogP contribution in [0.1, 0.15) is 55.4 Å². The molecule has 0 aliphatic heterocycles. The monoisotopic (exact) mass is 658 g/mol. The predicted octanol–water partition coefficient (Wildman–Crippen LogP) is 8.42. The van der Waals surface area contributed by atoms with Crippen LogP contribution >= 0.6 is 35.3 Å². The van der Waals surface area contributed by atoms with Crippen molar-refractivity contribution in [2.75, 3.05) is 66.1 Å². The molecule has 2 aromatic carbocycles. The molecule has 0 spiro atoms. The molecule has 2 unspecified atom stereocenters. The molecule has 0 heterocycles. The number of hydrogen-bond donors (Lipinski definition) is 0. The van der Waals surface area contributed by atoms with Crippen molar-refractivity contribution in [3.05, 3.63) is 24.3 Å². The summed E-state index contributed by atoms with van der Waals surface area (Å²) in [5.41, 5.74) is -0.326. The van der Waals surface area contributed by atoms with E-state index in [1.54, 1.807) is 35.3 Å². The summed E-state index contributed by atoms with van der Waals surface area (Å²) in [5, 5.41) is 0. The maximum Gasteiger partial charge on any atom is 0.176 e. The van der Waals surface area contributed by atoms with Gasteiger partial charge in [-0.25, -0.2) is 0 Å². The molecule has 2 rings (SSSR count). The fourth-order valence-electron chi connectivity index (χ4n) is 3.96. The lowest BCUT2D eigenvalue weighted by Gasteiger charge is -2.23. The molecular weight excluding hydrogens is 609 g/mol. The van der Waals surface area contributed by atoms with Gasteiger partial charge in [0.15, 0.2) is 23.0 Å². The Morgan fingerprint density at radius 3 is 1.07 bits per heavy atom. The van der Waals surface area contributed by atoms with Gasteiger partial charge in [-0.05, 0) is 79.7 Å². The van der Waals surface area contributed by atoms with Gasteiger partial charge in [-0.2, -0.15) is 0 Å². The molecule has 0 N–H and O–H groups in total. The summed E-state index contributed by atoms with van der Waals surface area (Å²) in [6.45, 7) is 21.2. The minimum atomic E-state index is -0.163. The highest BCUT2D eigenvalue weighted by atomic mass is 32.2. The first-order chi connectivity index (χ1) is 21.0. The van der Waals surface area contributed by atoms with Crippen molar-refractivity contribution in [2.45, 2.75) is 85.8 Å². The Morgan fingerprint density at radius 2 is 0.767 bits per heavy atom. The van der Waals surface area contributed by atoms with Crippen LogP contribution in [0.25, 0.3) is 0 Å². The zero-order chi connectivity index (χ0) is 31.5. The van der Waals surface area contributed by atoms with Crippen LogP contribution in [0.4, 0.5) is 0 Å². The van der Waals surface area contributed by atoms with Gasteiger partial charge in [0.25, 0.3) is 0 Å². The second kappa shape index (κ2) is 22.1. The molecule has 0 aliphatic rings. The largest absolute Gasteiger partial charge is 0.489 e. The van der Waals surface area contributed by atoms with Crippen LogP contribution in [0.3, 0.4) is 0 Å². The van der Waals surface area contributed by atoms with Crippen molar-refractivity contribution in [2.24, 2.45) is 0 Å². The van der Waals surface area contributed by atoms with Crippen LogP contribution in [0.2, 0.25) is 0 Å². The topological polar surface area (TPSA) is 73.8 Å². The van der Waals surface area contributed by atoms with E-state index in [2.05, 4.69) is 24.3 Å². The van der Waals surface area contributed by atoms with E-state index >= 15 is 0 Å². The quantitative estimate of drug-likeness (QED) is 0.0806. The van der Waals surface area contributed by atoms with Gasteiger partial charge in [0.05, 0.1) is 59.2 Å². The van der Waals surface area contributed by atoms with E-state index in [4.69, 9.17) is 37.9 Å². The van der Waals surface area contributed by atoms with Gasteiger partial charge >= 0.3 is 0 Å². The second-order valence-corrected chi connectivity index (χ2v) is 12.1. The third-order valence-corrected chi connectivity index (χ3v) is 8.90. The Hall–Kier alpha value is -1.47. The number of benzene rings is 2. The molecule has 43 heavy (non-hydrogen) atoms. The van der Waals surface area contributed by atoms with Gasteiger partial charge in [0.2, 0.25) is 0 Å². The highest BCUT2D eigenvalue weighted by Gasteiger charge is 2.25. The fraction of sp³-hybridized carbons (Fsp3) is 0.625. The summed E-state index contributed by atoms with van der Waals surface area (Å²) in [6, 6.07) is 8.26. The standard InChI is InChI=1S/C32H50O8S3/c1-9-33-21-27(35-11-3)42-25-19-17-23(29(37-13-5)31(25)39-15-7)41-24-18-20-26(32(40-16-8)30(24)38-14-6)43-28(36-12-4)22-34-10-2/h17-20,27-28H,9-16,21-22H2,1-8H3. The van der Waals surface area contributed by atoms with E-state index in [1.165, 1.54) is 0 Å². The first kappa shape index (κ1) is 37.7. The number of ether oxygens (including phenoxy) is 8. The Kier molecular flexibility index (Phi) is 19.4. The smallest absolute Gasteiger partial charge is 0.176 e. The summed E-state index contributed by atoms with van der Waals surface area (Å²) in [7, 11) is 0. The molecule has 0 aromatic heterocycles. The molecule has 0 bridgehead atoms. The molecule has 0 saturated carbocycles. The zero-order valence-electron chi connectivity index (χ0n) is 27.0. The Labute approximate surface area is 271 Å². The van der Waals surface area contributed by atoms with E-state index in [0.717, 1.165) is 19.6 Å². The van der Waals surface area contributed by atoms with Gasteiger partial charge in [0, 0.05) is 26.4 Å². The van der Waals surface area contributed by atoms with Gasteiger partial charge in [0.1, 0.15) is 10.9 Å². The van der Waals surface area contributed by atoms with Crippen molar-refractivity contribution in [1.82, 2.24) is 0 Å². The van der Waals surface area contributed by atoms with Crippen molar-refractivity contribution in [1.29, 1.82) is 0 Å². The van der Waals surface area contributed by atoms with E-state index in [9.17, 15) is 0 Å². The first-order valence-corrected chi connectivity index (χ1v) is 17.8. The fourth-order valence-corrected chi connectivity index (χ4v) is 7.07. The van der Waals surface area contributed by atoms with Crippen LogP contribution in [0, 0.1) is 0 Å². The summed E-state index contributed by atoms with van der Waals surface area (Å²) in [5.74, 6) is 2.79. The molecule has 0 radical (unpaired) electrons. The van der Waals surface area contributed by atoms with E-state index in [-0.39, 0.29) is 10.9 Å². The first-order valence-electron chi connectivity index (χ1n) is 15.3. The molecule has 0 amide bonds. The molecule has 244 valence electrons. The third kappa shape index (κ3) is 12.1. The van der Waals surface area contributed by atoms with Crippen molar-refractivity contribution in [3.8, 4) is 23.0 Å².